The molecule has 0 unspecified atom stereocenters. The second-order valence-corrected chi connectivity index (χ2v) is 4.93. The first-order chi connectivity index (χ1) is 8.54. The number of halogens is 2. The summed E-state index contributed by atoms with van der Waals surface area (Å²) in [5, 5.41) is 4.58. The van der Waals surface area contributed by atoms with E-state index in [4.69, 9.17) is 16.3 Å². The topological polar surface area (TPSA) is 44.1 Å². The van der Waals surface area contributed by atoms with Crippen LogP contribution in [0.4, 0.5) is 0 Å². The summed E-state index contributed by atoms with van der Waals surface area (Å²) in [6, 6.07) is 5.02. The fourth-order valence-electron chi connectivity index (χ4n) is 1.63. The minimum atomic E-state index is -0.171. The number of benzene rings is 1. The Morgan fingerprint density at radius 2 is 2.22 bits per heavy atom. The predicted octanol–water partition coefficient (Wildman–Crippen LogP) is 3.08. The van der Waals surface area contributed by atoms with Crippen LogP contribution in [-0.4, -0.2) is 22.7 Å². The second-order valence-electron chi connectivity index (χ2n) is 3.64. The van der Waals surface area contributed by atoms with Gasteiger partial charge in [0.2, 0.25) is 5.78 Å². The maximum atomic E-state index is 12.4. The molecule has 2 aromatic rings. The van der Waals surface area contributed by atoms with Crippen LogP contribution >= 0.6 is 27.5 Å². The molecule has 94 valence electrons. The van der Waals surface area contributed by atoms with Gasteiger partial charge in [-0.15, -0.1) is 0 Å². The van der Waals surface area contributed by atoms with Crippen molar-refractivity contribution in [2.45, 2.75) is 0 Å². The molecule has 0 atom stereocenters. The molecule has 0 saturated heterocycles. The summed E-state index contributed by atoms with van der Waals surface area (Å²) in [4.78, 5) is 12.4. The zero-order valence-electron chi connectivity index (χ0n) is 9.78. The standard InChI is InChI=1S/C12H10BrClN2O2/c1-16-11(10(18-2)6-15-16)12(17)8-4-3-7(14)5-9(8)13/h3-6H,1-2H3. The molecule has 1 heterocycles. The van der Waals surface area contributed by atoms with E-state index in [0.717, 1.165) is 0 Å². The van der Waals surface area contributed by atoms with Gasteiger partial charge in [0.25, 0.3) is 0 Å². The van der Waals surface area contributed by atoms with Crippen molar-refractivity contribution in [1.29, 1.82) is 0 Å². The van der Waals surface area contributed by atoms with Gasteiger partial charge < -0.3 is 4.74 Å². The lowest BCUT2D eigenvalue weighted by atomic mass is 10.1. The number of rotatable bonds is 3. The maximum Gasteiger partial charge on any atom is 0.215 e. The highest BCUT2D eigenvalue weighted by molar-refractivity contribution is 9.10. The van der Waals surface area contributed by atoms with E-state index >= 15 is 0 Å². The number of ether oxygens (including phenoxy) is 1. The Labute approximate surface area is 118 Å². The average Bonchev–Trinajstić information content (AvgIpc) is 2.69. The van der Waals surface area contributed by atoms with Crippen LogP contribution in [-0.2, 0) is 7.05 Å². The van der Waals surface area contributed by atoms with Crippen LogP contribution < -0.4 is 4.74 Å². The number of hydrogen-bond donors (Lipinski definition) is 0. The molecular weight excluding hydrogens is 320 g/mol. The molecule has 0 spiro atoms. The monoisotopic (exact) mass is 328 g/mol. The molecule has 0 saturated carbocycles. The van der Waals surface area contributed by atoms with Gasteiger partial charge in [0.15, 0.2) is 11.4 Å². The van der Waals surface area contributed by atoms with Crippen molar-refractivity contribution in [2.24, 2.45) is 7.05 Å². The van der Waals surface area contributed by atoms with Crippen molar-refractivity contribution >= 4 is 33.3 Å². The van der Waals surface area contributed by atoms with Crippen molar-refractivity contribution in [3.63, 3.8) is 0 Å². The Hall–Kier alpha value is -1.33. The van der Waals surface area contributed by atoms with E-state index in [0.29, 0.717) is 26.5 Å². The first-order valence-corrected chi connectivity index (χ1v) is 6.27. The van der Waals surface area contributed by atoms with Gasteiger partial charge in [-0.25, -0.2) is 0 Å². The summed E-state index contributed by atoms with van der Waals surface area (Å²) >= 11 is 9.18. The number of ketones is 1. The highest BCUT2D eigenvalue weighted by Gasteiger charge is 2.21. The Bertz CT molecular complexity index is 610. The highest BCUT2D eigenvalue weighted by atomic mass is 79.9. The van der Waals surface area contributed by atoms with E-state index in [1.807, 2.05) is 0 Å². The largest absolute Gasteiger partial charge is 0.493 e. The van der Waals surface area contributed by atoms with Crippen LogP contribution in [0.2, 0.25) is 5.02 Å². The van der Waals surface area contributed by atoms with Gasteiger partial charge in [-0.2, -0.15) is 5.10 Å². The van der Waals surface area contributed by atoms with Crippen LogP contribution in [0.15, 0.2) is 28.9 Å². The molecular formula is C12H10BrClN2O2. The first kappa shape index (κ1) is 13.1. The van der Waals surface area contributed by atoms with E-state index in [1.54, 1.807) is 25.2 Å². The number of hydrogen-bond acceptors (Lipinski definition) is 3. The molecule has 18 heavy (non-hydrogen) atoms. The van der Waals surface area contributed by atoms with Crippen LogP contribution in [0.5, 0.6) is 5.75 Å². The van der Waals surface area contributed by atoms with Gasteiger partial charge in [0.1, 0.15) is 0 Å². The van der Waals surface area contributed by atoms with Crippen LogP contribution in [0.1, 0.15) is 16.1 Å². The van der Waals surface area contributed by atoms with Crippen molar-refractivity contribution < 1.29 is 9.53 Å². The lowest BCUT2D eigenvalue weighted by Crippen LogP contribution is -2.10. The molecule has 1 aromatic heterocycles. The molecule has 6 heteroatoms. The van der Waals surface area contributed by atoms with E-state index in [-0.39, 0.29) is 5.78 Å². The first-order valence-electron chi connectivity index (χ1n) is 5.10. The normalized spacial score (nSPS) is 10.4. The molecule has 0 fully saturated rings. The minimum absolute atomic E-state index is 0.171. The van der Waals surface area contributed by atoms with Gasteiger partial charge in [0.05, 0.1) is 13.3 Å². The number of aromatic nitrogens is 2. The summed E-state index contributed by atoms with van der Waals surface area (Å²) in [5.41, 5.74) is 0.918. The predicted molar refractivity (Wildman–Crippen MR) is 72.3 cm³/mol. The van der Waals surface area contributed by atoms with E-state index in [2.05, 4.69) is 21.0 Å². The molecule has 0 aliphatic carbocycles. The fraction of sp³-hybridized carbons (Fsp3) is 0.167. The van der Waals surface area contributed by atoms with Crippen molar-refractivity contribution in [3.8, 4) is 5.75 Å². The SMILES string of the molecule is COc1cnn(C)c1C(=O)c1ccc(Cl)cc1Br. The van der Waals surface area contributed by atoms with Crippen LogP contribution in [0.3, 0.4) is 0 Å². The number of carbonyl (C=O) groups is 1. The van der Waals surface area contributed by atoms with Crippen LogP contribution in [0.25, 0.3) is 0 Å². The van der Waals surface area contributed by atoms with Crippen molar-refractivity contribution in [2.75, 3.05) is 7.11 Å². The third kappa shape index (κ3) is 2.28. The van der Waals surface area contributed by atoms with Gasteiger partial charge in [-0.3, -0.25) is 9.48 Å². The zero-order valence-corrected chi connectivity index (χ0v) is 12.1. The Morgan fingerprint density at radius 3 is 2.83 bits per heavy atom. The molecule has 2 rings (SSSR count). The zero-order chi connectivity index (χ0) is 13.3. The minimum Gasteiger partial charge on any atom is -0.493 e. The third-order valence-electron chi connectivity index (χ3n) is 2.52. The van der Waals surface area contributed by atoms with Gasteiger partial charge in [-0.05, 0) is 34.1 Å². The summed E-state index contributed by atoms with van der Waals surface area (Å²) in [7, 11) is 3.20. The van der Waals surface area contributed by atoms with E-state index < -0.39 is 0 Å². The number of aryl methyl sites for hydroxylation is 1. The lowest BCUT2D eigenvalue weighted by Gasteiger charge is -2.06. The molecule has 0 N–H and O–H groups in total. The van der Waals surface area contributed by atoms with E-state index in [1.165, 1.54) is 18.0 Å². The Kier molecular flexibility index (Phi) is 3.73. The maximum absolute atomic E-state index is 12.4. The summed E-state index contributed by atoms with van der Waals surface area (Å²) in [6.45, 7) is 0. The highest BCUT2D eigenvalue weighted by Crippen LogP contribution is 2.27. The van der Waals surface area contributed by atoms with Gasteiger partial charge >= 0.3 is 0 Å². The Balaban J connectivity index is 2.51. The fourth-order valence-corrected chi connectivity index (χ4v) is 2.49. The molecule has 0 aliphatic heterocycles. The molecule has 0 bridgehead atoms. The molecule has 0 amide bonds. The molecule has 0 radical (unpaired) electrons. The third-order valence-corrected chi connectivity index (χ3v) is 3.41. The summed E-state index contributed by atoms with van der Waals surface area (Å²) < 4.78 is 7.26. The Morgan fingerprint density at radius 1 is 1.50 bits per heavy atom. The molecule has 1 aromatic carbocycles. The smallest absolute Gasteiger partial charge is 0.215 e. The van der Waals surface area contributed by atoms with Crippen LogP contribution in [0, 0.1) is 0 Å². The number of carbonyl (C=O) groups excluding carboxylic acids is 1. The summed E-state index contributed by atoms with van der Waals surface area (Å²) in [6.07, 6.45) is 1.51. The second kappa shape index (κ2) is 5.12. The molecule has 0 aliphatic rings. The number of nitrogens with zero attached hydrogens (tertiary/aromatic N) is 2. The van der Waals surface area contributed by atoms with Crippen molar-refractivity contribution in [1.82, 2.24) is 9.78 Å². The van der Waals surface area contributed by atoms with Gasteiger partial charge in [-0.1, -0.05) is 11.6 Å². The van der Waals surface area contributed by atoms with Gasteiger partial charge in [0, 0.05) is 22.1 Å². The van der Waals surface area contributed by atoms with Crippen molar-refractivity contribution in [3.05, 3.63) is 45.1 Å². The molecule has 4 nitrogen and oxygen atoms in total. The quantitative estimate of drug-likeness (QED) is 0.813. The number of methoxy groups -OCH3 is 1. The lowest BCUT2D eigenvalue weighted by molar-refractivity contribution is 0.102. The average molecular weight is 330 g/mol. The summed E-state index contributed by atoms with van der Waals surface area (Å²) in [5.74, 6) is 0.278. The van der Waals surface area contributed by atoms with E-state index in [9.17, 15) is 4.79 Å².